The molecule has 134 valence electrons. The second kappa shape index (κ2) is 10.5. The number of rotatable bonds is 7. The van der Waals surface area contributed by atoms with E-state index in [9.17, 15) is 9.59 Å². The lowest BCUT2D eigenvalue weighted by atomic mass is 9.97. The number of nitrogens with two attached hydrogens (primary N) is 1. The van der Waals surface area contributed by atoms with Crippen molar-refractivity contribution in [3.63, 3.8) is 0 Å². The van der Waals surface area contributed by atoms with Crippen LogP contribution in [0.5, 0.6) is 0 Å². The number of para-hydroxylation sites is 1. The van der Waals surface area contributed by atoms with E-state index < -0.39 is 0 Å². The van der Waals surface area contributed by atoms with Crippen molar-refractivity contribution < 1.29 is 9.59 Å². The molecule has 0 spiro atoms. The van der Waals surface area contributed by atoms with Crippen molar-refractivity contribution in [2.45, 2.75) is 19.3 Å². The third-order valence-corrected chi connectivity index (χ3v) is 3.74. The van der Waals surface area contributed by atoms with Crippen molar-refractivity contribution in [3.05, 3.63) is 65.7 Å². The van der Waals surface area contributed by atoms with Crippen LogP contribution in [0.2, 0.25) is 0 Å². The Morgan fingerprint density at radius 3 is 2.36 bits per heavy atom. The van der Waals surface area contributed by atoms with E-state index >= 15 is 0 Å². The normalized spacial score (nSPS) is 11.1. The molecule has 0 aliphatic heterocycles. The van der Waals surface area contributed by atoms with E-state index in [0.29, 0.717) is 30.8 Å². The number of amides is 2. The van der Waals surface area contributed by atoms with Crippen LogP contribution < -0.4 is 16.4 Å². The Labute approximate surface area is 154 Å². The van der Waals surface area contributed by atoms with Gasteiger partial charge in [-0.1, -0.05) is 49.4 Å². The van der Waals surface area contributed by atoms with Gasteiger partial charge in [0.2, 0.25) is 5.91 Å². The molecule has 0 heterocycles. The fourth-order valence-electron chi connectivity index (χ4n) is 2.45. The number of anilines is 1. The first-order valence-electron chi connectivity index (χ1n) is 8.04. The van der Waals surface area contributed by atoms with Gasteiger partial charge < -0.3 is 16.4 Å². The minimum absolute atomic E-state index is 0. The van der Waals surface area contributed by atoms with Gasteiger partial charge in [-0.2, -0.15) is 0 Å². The average molecular weight is 362 g/mol. The summed E-state index contributed by atoms with van der Waals surface area (Å²) in [6.07, 6.45) is 0.350. The SMILES string of the molecule is CC(CC(=O)Nc1ccccc1C(=O)NCCN)c1ccccc1.Cl. The maximum absolute atomic E-state index is 12.3. The molecule has 0 aliphatic carbocycles. The van der Waals surface area contributed by atoms with Crippen LogP contribution in [0.3, 0.4) is 0 Å². The molecule has 2 rings (SSSR count). The molecule has 1 atom stereocenters. The number of carbonyl (C=O) groups excluding carboxylic acids is 2. The van der Waals surface area contributed by atoms with Crippen LogP contribution in [0.25, 0.3) is 0 Å². The van der Waals surface area contributed by atoms with E-state index in [2.05, 4.69) is 10.6 Å². The summed E-state index contributed by atoms with van der Waals surface area (Å²) in [4.78, 5) is 24.5. The van der Waals surface area contributed by atoms with Crippen LogP contribution in [-0.2, 0) is 4.79 Å². The van der Waals surface area contributed by atoms with Crippen molar-refractivity contribution in [1.82, 2.24) is 5.32 Å². The van der Waals surface area contributed by atoms with E-state index in [1.165, 1.54) is 0 Å². The van der Waals surface area contributed by atoms with E-state index in [-0.39, 0.29) is 30.1 Å². The fraction of sp³-hybridized carbons (Fsp3) is 0.263. The van der Waals surface area contributed by atoms with E-state index in [1.807, 2.05) is 37.3 Å². The van der Waals surface area contributed by atoms with Crippen molar-refractivity contribution in [2.24, 2.45) is 5.73 Å². The Hall–Kier alpha value is -2.37. The minimum atomic E-state index is -0.243. The number of halogens is 1. The maximum atomic E-state index is 12.3. The molecule has 2 amide bonds. The predicted molar refractivity (Wildman–Crippen MR) is 103 cm³/mol. The zero-order valence-corrected chi connectivity index (χ0v) is 15.0. The summed E-state index contributed by atoms with van der Waals surface area (Å²) in [5, 5.41) is 5.55. The topological polar surface area (TPSA) is 84.2 Å². The van der Waals surface area contributed by atoms with Gasteiger partial charge in [0.1, 0.15) is 0 Å². The van der Waals surface area contributed by atoms with Gasteiger partial charge in [-0.3, -0.25) is 9.59 Å². The quantitative estimate of drug-likeness (QED) is 0.708. The average Bonchev–Trinajstić information content (AvgIpc) is 2.60. The van der Waals surface area contributed by atoms with Crippen LogP contribution >= 0.6 is 12.4 Å². The summed E-state index contributed by atoms with van der Waals surface area (Å²) in [6, 6.07) is 16.8. The van der Waals surface area contributed by atoms with Crippen LogP contribution in [0, 0.1) is 0 Å². The largest absolute Gasteiger partial charge is 0.351 e. The molecule has 0 aromatic heterocycles. The zero-order chi connectivity index (χ0) is 17.4. The molecule has 6 heteroatoms. The molecule has 25 heavy (non-hydrogen) atoms. The first-order valence-corrected chi connectivity index (χ1v) is 8.04. The molecule has 4 N–H and O–H groups in total. The molecule has 2 aromatic carbocycles. The van der Waals surface area contributed by atoms with Crippen LogP contribution in [0.15, 0.2) is 54.6 Å². The lowest BCUT2D eigenvalue weighted by Crippen LogP contribution is -2.30. The summed E-state index contributed by atoms with van der Waals surface area (Å²) >= 11 is 0. The van der Waals surface area contributed by atoms with E-state index in [4.69, 9.17) is 5.73 Å². The Kier molecular flexibility index (Phi) is 8.67. The van der Waals surface area contributed by atoms with Gasteiger partial charge in [0.05, 0.1) is 11.3 Å². The van der Waals surface area contributed by atoms with Gasteiger partial charge in [-0.25, -0.2) is 0 Å². The summed E-state index contributed by atoms with van der Waals surface area (Å²) in [5.41, 5.74) is 7.46. The van der Waals surface area contributed by atoms with Gasteiger partial charge in [-0.05, 0) is 23.6 Å². The third-order valence-electron chi connectivity index (χ3n) is 3.74. The van der Waals surface area contributed by atoms with Crippen molar-refractivity contribution in [2.75, 3.05) is 18.4 Å². The first kappa shape index (κ1) is 20.7. The minimum Gasteiger partial charge on any atom is -0.351 e. The van der Waals surface area contributed by atoms with Gasteiger partial charge in [0.25, 0.3) is 5.91 Å². The van der Waals surface area contributed by atoms with Gasteiger partial charge in [0, 0.05) is 19.5 Å². The van der Waals surface area contributed by atoms with Gasteiger partial charge >= 0.3 is 0 Å². The monoisotopic (exact) mass is 361 g/mol. The molecule has 1 unspecified atom stereocenters. The van der Waals surface area contributed by atoms with Gasteiger partial charge in [0.15, 0.2) is 0 Å². The Bertz CT molecular complexity index is 692. The lowest BCUT2D eigenvalue weighted by Gasteiger charge is -2.14. The molecule has 0 radical (unpaired) electrons. The Balaban J connectivity index is 0.00000312. The smallest absolute Gasteiger partial charge is 0.253 e. The molecule has 0 saturated carbocycles. The second-order valence-corrected chi connectivity index (χ2v) is 5.65. The summed E-state index contributed by atoms with van der Waals surface area (Å²) in [5.74, 6) is -0.262. The highest BCUT2D eigenvalue weighted by atomic mass is 35.5. The summed E-state index contributed by atoms with van der Waals surface area (Å²) < 4.78 is 0. The summed E-state index contributed by atoms with van der Waals surface area (Å²) in [6.45, 7) is 2.77. The second-order valence-electron chi connectivity index (χ2n) is 5.65. The lowest BCUT2D eigenvalue weighted by molar-refractivity contribution is -0.116. The maximum Gasteiger partial charge on any atom is 0.253 e. The standard InChI is InChI=1S/C19H23N3O2.ClH/c1-14(15-7-3-2-4-8-15)13-18(23)22-17-10-6-5-9-16(17)19(24)21-12-11-20;/h2-10,14H,11-13,20H2,1H3,(H,21,24)(H,22,23);1H. The number of nitrogens with one attached hydrogen (secondary N) is 2. The molecule has 0 bridgehead atoms. The fourth-order valence-corrected chi connectivity index (χ4v) is 2.45. The third kappa shape index (κ3) is 6.21. The van der Waals surface area contributed by atoms with Crippen LogP contribution in [0.4, 0.5) is 5.69 Å². The molecule has 2 aromatic rings. The Morgan fingerprint density at radius 1 is 1.04 bits per heavy atom. The van der Waals surface area contributed by atoms with Gasteiger partial charge in [-0.15, -0.1) is 12.4 Å². The van der Waals surface area contributed by atoms with Crippen molar-refractivity contribution in [3.8, 4) is 0 Å². The molecular formula is C19H24ClN3O2. The molecular weight excluding hydrogens is 338 g/mol. The summed E-state index contributed by atoms with van der Waals surface area (Å²) in [7, 11) is 0. The van der Waals surface area contributed by atoms with Crippen LogP contribution in [0.1, 0.15) is 35.2 Å². The number of hydrogen-bond acceptors (Lipinski definition) is 3. The van der Waals surface area contributed by atoms with E-state index in [1.54, 1.807) is 24.3 Å². The van der Waals surface area contributed by atoms with Crippen LogP contribution in [-0.4, -0.2) is 24.9 Å². The first-order chi connectivity index (χ1) is 11.6. The van der Waals surface area contributed by atoms with E-state index in [0.717, 1.165) is 5.56 Å². The predicted octanol–water partition coefficient (Wildman–Crippen LogP) is 2.93. The Morgan fingerprint density at radius 2 is 1.68 bits per heavy atom. The number of benzene rings is 2. The number of hydrogen-bond donors (Lipinski definition) is 3. The highest BCUT2D eigenvalue weighted by Gasteiger charge is 2.15. The molecule has 0 saturated heterocycles. The van der Waals surface area contributed by atoms with Crippen molar-refractivity contribution >= 4 is 29.9 Å². The molecule has 0 aliphatic rings. The molecule has 0 fully saturated rings. The van der Waals surface area contributed by atoms with Crippen molar-refractivity contribution in [1.29, 1.82) is 0 Å². The zero-order valence-electron chi connectivity index (χ0n) is 14.2. The number of carbonyl (C=O) groups is 2. The highest BCUT2D eigenvalue weighted by Crippen LogP contribution is 2.21. The molecule has 5 nitrogen and oxygen atoms in total. The highest BCUT2D eigenvalue weighted by molar-refractivity contribution is 6.03.